The smallest absolute Gasteiger partial charge is 0.230 e. The summed E-state index contributed by atoms with van der Waals surface area (Å²) in [5.41, 5.74) is 2.37. The molecule has 1 fully saturated rings. The minimum absolute atomic E-state index is 0.0533. The van der Waals surface area contributed by atoms with Gasteiger partial charge in [-0.05, 0) is 56.0 Å². The molecular formula is C17H25N7O. The monoisotopic (exact) mass is 343 g/mol. The SMILES string of the molecule is Cc1cc(C)n(CC2(CNC(=O)C3CCCCn4nnnc43)CC2)n1. The lowest BCUT2D eigenvalue weighted by Crippen LogP contribution is -2.36. The van der Waals surface area contributed by atoms with E-state index in [4.69, 9.17) is 0 Å². The van der Waals surface area contributed by atoms with E-state index >= 15 is 0 Å². The highest BCUT2D eigenvalue weighted by molar-refractivity contribution is 5.82. The Labute approximate surface area is 147 Å². The molecule has 0 radical (unpaired) electrons. The Hall–Kier alpha value is -2.25. The number of nitrogens with zero attached hydrogens (tertiary/aromatic N) is 6. The van der Waals surface area contributed by atoms with Crippen molar-refractivity contribution in [3.05, 3.63) is 23.3 Å². The molecule has 134 valence electrons. The van der Waals surface area contributed by atoms with Gasteiger partial charge in [0.05, 0.1) is 11.6 Å². The second kappa shape index (κ2) is 6.24. The molecule has 0 spiro atoms. The third kappa shape index (κ3) is 3.29. The molecule has 2 aliphatic rings. The lowest BCUT2D eigenvalue weighted by atomic mass is 10.0. The number of hydrogen-bond acceptors (Lipinski definition) is 5. The maximum Gasteiger partial charge on any atom is 0.230 e. The first-order valence-corrected chi connectivity index (χ1v) is 9.11. The summed E-state index contributed by atoms with van der Waals surface area (Å²) >= 11 is 0. The third-order valence-corrected chi connectivity index (χ3v) is 5.48. The van der Waals surface area contributed by atoms with Gasteiger partial charge in [-0.3, -0.25) is 9.48 Å². The molecule has 1 saturated carbocycles. The zero-order valence-electron chi connectivity index (χ0n) is 14.9. The molecule has 1 aliphatic carbocycles. The van der Waals surface area contributed by atoms with E-state index in [1.807, 2.05) is 6.92 Å². The van der Waals surface area contributed by atoms with E-state index in [0.717, 1.165) is 50.9 Å². The molecule has 0 saturated heterocycles. The van der Waals surface area contributed by atoms with Gasteiger partial charge in [-0.15, -0.1) is 5.10 Å². The van der Waals surface area contributed by atoms with Crippen LogP contribution in [0, 0.1) is 19.3 Å². The summed E-state index contributed by atoms with van der Waals surface area (Å²) in [5.74, 6) is 0.526. The van der Waals surface area contributed by atoms with Crippen molar-refractivity contribution in [1.82, 2.24) is 35.3 Å². The first kappa shape index (κ1) is 16.2. The van der Waals surface area contributed by atoms with Crippen LogP contribution >= 0.6 is 0 Å². The number of fused-ring (bicyclic) bond motifs is 1. The Morgan fingerprint density at radius 1 is 1.36 bits per heavy atom. The van der Waals surface area contributed by atoms with E-state index in [-0.39, 0.29) is 17.2 Å². The first-order chi connectivity index (χ1) is 12.1. The van der Waals surface area contributed by atoms with Crippen molar-refractivity contribution in [3.8, 4) is 0 Å². The molecule has 1 N–H and O–H groups in total. The van der Waals surface area contributed by atoms with Crippen molar-refractivity contribution in [2.24, 2.45) is 5.41 Å². The van der Waals surface area contributed by atoms with E-state index in [0.29, 0.717) is 12.4 Å². The minimum Gasteiger partial charge on any atom is -0.355 e. The number of hydrogen-bond donors (Lipinski definition) is 1. The van der Waals surface area contributed by atoms with E-state index in [2.05, 4.69) is 43.6 Å². The van der Waals surface area contributed by atoms with E-state index < -0.39 is 0 Å². The van der Waals surface area contributed by atoms with Crippen LogP contribution in [-0.4, -0.2) is 42.4 Å². The van der Waals surface area contributed by atoms with Crippen LogP contribution in [0.3, 0.4) is 0 Å². The van der Waals surface area contributed by atoms with Crippen LogP contribution in [0.2, 0.25) is 0 Å². The number of rotatable bonds is 5. The fourth-order valence-electron chi connectivity index (χ4n) is 3.73. The number of tetrazole rings is 1. The summed E-state index contributed by atoms with van der Waals surface area (Å²) in [6, 6.07) is 2.10. The number of carbonyl (C=O) groups is 1. The molecule has 1 aliphatic heterocycles. The topological polar surface area (TPSA) is 90.5 Å². The zero-order valence-corrected chi connectivity index (χ0v) is 14.9. The fourth-order valence-corrected chi connectivity index (χ4v) is 3.73. The summed E-state index contributed by atoms with van der Waals surface area (Å²) in [7, 11) is 0. The summed E-state index contributed by atoms with van der Waals surface area (Å²) in [5, 5.41) is 19.6. The molecule has 4 rings (SSSR count). The molecule has 8 nitrogen and oxygen atoms in total. The molecule has 8 heteroatoms. The number of amides is 1. The molecule has 1 atom stereocenters. The van der Waals surface area contributed by atoms with Crippen LogP contribution in [-0.2, 0) is 17.9 Å². The normalized spacial score (nSPS) is 21.4. The van der Waals surface area contributed by atoms with Gasteiger partial charge < -0.3 is 5.32 Å². The van der Waals surface area contributed by atoms with Crippen LogP contribution in [0.4, 0.5) is 0 Å². The second-order valence-corrected chi connectivity index (χ2v) is 7.61. The van der Waals surface area contributed by atoms with Gasteiger partial charge in [0.1, 0.15) is 0 Å². The maximum atomic E-state index is 12.8. The van der Waals surface area contributed by atoms with Gasteiger partial charge in [0.25, 0.3) is 0 Å². The summed E-state index contributed by atoms with van der Waals surface area (Å²) in [4.78, 5) is 12.8. The average Bonchev–Trinajstić information content (AvgIpc) is 3.15. The Bertz CT molecular complexity index is 774. The highest BCUT2D eigenvalue weighted by Crippen LogP contribution is 2.46. The van der Waals surface area contributed by atoms with Crippen molar-refractivity contribution in [2.75, 3.05) is 6.54 Å². The van der Waals surface area contributed by atoms with Crippen molar-refractivity contribution < 1.29 is 4.79 Å². The van der Waals surface area contributed by atoms with Crippen LogP contribution < -0.4 is 5.32 Å². The van der Waals surface area contributed by atoms with Gasteiger partial charge in [0, 0.05) is 30.7 Å². The quantitative estimate of drug-likeness (QED) is 0.885. The number of carbonyl (C=O) groups excluding carboxylic acids is 1. The minimum atomic E-state index is -0.234. The highest BCUT2D eigenvalue weighted by atomic mass is 16.2. The Balaban J connectivity index is 1.40. The van der Waals surface area contributed by atoms with E-state index in [9.17, 15) is 4.79 Å². The first-order valence-electron chi connectivity index (χ1n) is 9.11. The van der Waals surface area contributed by atoms with Crippen molar-refractivity contribution >= 4 is 5.91 Å². The number of nitrogens with one attached hydrogen (secondary N) is 1. The van der Waals surface area contributed by atoms with Crippen molar-refractivity contribution in [1.29, 1.82) is 0 Å². The van der Waals surface area contributed by atoms with Crippen LogP contribution in [0.15, 0.2) is 6.07 Å². The molecular weight excluding hydrogens is 318 g/mol. The molecule has 2 aromatic heterocycles. The predicted octanol–water partition coefficient (Wildman–Crippen LogP) is 1.35. The van der Waals surface area contributed by atoms with E-state index in [1.54, 1.807) is 4.68 Å². The molecule has 0 bridgehead atoms. The highest BCUT2D eigenvalue weighted by Gasteiger charge is 2.44. The average molecular weight is 343 g/mol. The zero-order chi connectivity index (χ0) is 17.4. The van der Waals surface area contributed by atoms with Gasteiger partial charge in [-0.25, -0.2) is 4.68 Å². The fraction of sp³-hybridized carbons (Fsp3) is 0.706. The Morgan fingerprint density at radius 2 is 2.20 bits per heavy atom. The Morgan fingerprint density at radius 3 is 2.92 bits per heavy atom. The largest absolute Gasteiger partial charge is 0.355 e. The van der Waals surface area contributed by atoms with Gasteiger partial charge >= 0.3 is 0 Å². The van der Waals surface area contributed by atoms with Crippen molar-refractivity contribution in [3.63, 3.8) is 0 Å². The van der Waals surface area contributed by atoms with Crippen LogP contribution in [0.1, 0.15) is 55.2 Å². The maximum absolute atomic E-state index is 12.8. The summed E-state index contributed by atoms with van der Waals surface area (Å²) < 4.78 is 3.85. The summed E-state index contributed by atoms with van der Waals surface area (Å²) in [6.45, 7) is 6.46. The number of aryl methyl sites for hydroxylation is 3. The van der Waals surface area contributed by atoms with Gasteiger partial charge in [-0.1, -0.05) is 6.42 Å². The lowest BCUT2D eigenvalue weighted by Gasteiger charge is -2.19. The van der Waals surface area contributed by atoms with Gasteiger partial charge in [0.15, 0.2) is 5.82 Å². The standard InChI is InChI=1S/C17H25N7O/c1-12-9-13(2)24(20-12)11-17(6-7-17)10-18-16(25)14-5-3-4-8-23-15(14)19-21-22-23/h9,14H,3-8,10-11H2,1-2H3,(H,18,25). The molecule has 25 heavy (non-hydrogen) atoms. The molecule has 0 aromatic carbocycles. The van der Waals surface area contributed by atoms with Gasteiger partial charge in [-0.2, -0.15) is 5.10 Å². The van der Waals surface area contributed by atoms with E-state index in [1.165, 1.54) is 5.69 Å². The molecule has 1 unspecified atom stereocenters. The van der Waals surface area contributed by atoms with Crippen LogP contribution in [0.25, 0.3) is 0 Å². The van der Waals surface area contributed by atoms with Gasteiger partial charge in [0.2, 0.25) is 5.91 Å². The molecule has 2 aromatic rings. The predicted molar refractivity (Wildman–Crippen MR) is 90.8 cm³/mol. The second-order valence-electron chi connectivity index (χ2n) is 7.61. The van der Waals surface area contributed by atoms with Crippen LogP contribution in [0.5, 0.6) is 0 Å². The Kier molecular flexibility index (Phi) is 4.05. The number of aromatic nitrogens is 6. The third-order valence-electron chi connectivity index (χ3n) is 5.48. The molecule has 1 amide bonds. The molecule has 3 heterocycles. The van der Waals surface area contributed by atoms with Crippen molar-refractivity contribution in [2.45, 2.75) is 65.0 Å². The lowest BCUT2D eigenvalue weighted by molar-refractivity contribution is -0.123. The summed E-state index contributed by atoms with van der Waals surface area (Å²) in [6.07, 6.45) is 5.11.